The maximum atomic E-state index is 12.2. The van der Waals surface area contributed by atoms with Crippen LogP contribution in [0.3, 0.4) is 0 Å². The molecule has 1 N–H and O–H groups in total. The molecule has 20 heavy (non-hydrogen) atoms. The first kappa shape index (κ1) is 13.3. The molecular weight excluding hydrogens is 252 g/mol. The Kier molecular flexibility index (Phi) is 3.85. The minimum absolute atomic E-state index is 0.332. The molecule has 1 aromatic rings. The summed E-state index contributed by atoms with van der Waals surface area (Å²) in [6, 6.07) is 0. The zero-order valence-corrected chi connectivity index (χ0v) is 12.0. The van der Waals surface area contributed by atoms with Crippen molar-refractivity contribution in [1.82, 2.24) is 14.9 Å². The van der Waals surface area contributed by atoms with E-state index >= 15 is 0 Å². The predicted octanol–water partition coefficient (Wildman–Crippen LogP) is 1.71. The molecule has 0 aromatic carbocycles. The number of likely N-dealkylation sites (tertiary alicyclic amines) is 1. The number of amides is 1. The first-order valence-corrected chi connectivity index (χ1v) is 7.54. The fraction of sp³-hybridized carbons (Fsp3) is 0.667. The monoisotopic (exact) mass is 274 g/mol. The van der Waals surface area contributed by atoms with E-state index in [4.69, 9.17) is 0 Å². The van der Waals surface area contributed by atoms with Gasteiger partial charge in [0, 0.05) is 38.4 Å². The smallest absolute Gasteiger partial charge is 0.225 e. The van der Waals surface area contributed by atoms with E-state index in [1.54, 1.807) is 12.4 Å². The molecule has 1 amide bonds. The van der Waals surface area contributed by atoms with Gasteiger partial charge in [-0.2, -0.15) is 0 Å². The number of nitrogens with one attached hydrogen (secondary N) is 1. The third-order valence-corrected chi connectivity index (χ3v) is 4.25. The lowest BCUT2D eigenvalue weighted by atomic mass is 9.93. The van der Waals surface area contributed by atoms with E-state index in [1.807, 2.05) is 7.05 Å². The summed E-state index contributed by atoms with van der Waals surface area (Å²) in [4.78, 5) is 23.0. The third-order valence-electron chi connectivity index (χ3n) is 4.25. The number of rotatable bonds is 4. The molecule has 2 aliphatic rings. The van der Waals surface area contributed by atoms with Crippen molar-refractivity contribution >= 4 is 11.7 Å². The summed E-state index contributed by atoms with van der Waals surface area (Å²) in [5.41, 5.74) is 1.01. The van der Waals surface area contributed by atoms with Gasteiger partial charge in [-0.25, -0.2) is 4.98 Å². The number of piperidine rings is 1. The summed E-state index contributed by atoms with van der Waals surface area (Å²) in [7, 11) is 1.87. The molecular formula is C15H22N4O. The van der Waals surface area contributed by atoms with Crippen LogP contribution in [0.15, 0.2) is 12.4 Å². The van der Waals surface area contributed by atoms with E-state index in [2.05, 4.69) is 20.2 Å². The van der Waals surface area contributed by atoms with Crippen molar-refractivity contribution in [3.63, 3.8) is 0 Å². The van der Waals surface area contributed by atoms with E-state index in [0.29, 0.717) is 17.7 Å². The second-order valence-electron chi connectivity index (χ2n) is 5.87. The van der Waals surface area contributed by atoms with E-state index in [1.165, 1.54) is 6.42 Å². The molecule has 1 aromatic heterocycles. The Balaban J connectivity index is 1.63. The molecule has 2 heterocycles. The van der Waals surface area contributed by atoms with Crippen molar-refractivity contribution in [1.29, 1.82) is 0 Å². The van der Waals surface area contributed by atoms with Crippen molar-refractivity contribution in [2.24, 2.45) is 11.8 Å². The maximum absolute atomic E-state index is 12.2. The second-order valence-corrected chi connectivity index (χ2v) is 5.87. The molecule has 1 saturated carbocycles. The number of hydrogen-bond acceptors (Lipinski definition) is 4. The zero-order chi connectivity index (χ0) is 13.9. The van der Waals surface area contributed by atoms with E-state index in [-0.39, 0.29) is 0 Å². The van der Waals surface area contributed by atoms with Gasteiger partial charge < -0.3 is 10.2 Å². The highest BCUT2D eigenvalue weighted by atomic mass is 16.2. The molecule has 0 unspecified atom stereocenters. The van der Waals surface area contributed by atoms with Crippen LogP contribution in [0.2, 0.25) is 0 Å². The first-order chi connectivity index (χ1) is 9.78. The van der Waals surface area contributed by atoms with Gasteiger partial charge in [0.1, 0.15) is 5.82 Å². The van der Waals surface area contributed by atoms with E-state index in [0.717, 1.165) is 50.3 Å². The van der Waals surface area contributed by atoms with Gasteiger partial charge in [-0.3, -0.25) is 9.78 Å². The standard InChI is InChI=1S/C15H22N4O/c1-16-14-13(17-6-7-18-14)9-11-3-2-8-19(10-11)15(20)12-4-5-12/h6-7,11-12H,2-5,8-10H2,1H3,(H,16,18)/t11-/m1/s1. The zero-order valence-electron chi connectivity index (χ0n) is 12.0. The summed E-state index contributed by atoms with van der Waals surface area (Å²) >= 11 is 0. The third kappa shape index (κ3) is 2.92. The largest absolute Gasteiger partial charge is 0.372 e. The number of nitrogens with zero attached hydrogens (tertiary/aromatic N) is 3. The lowest BCUT2D eigenvalue weighted by Crippen LogP contribution is -2.41. The summed E-state index contributed by atoms with van der Waals surface area (Å²) in [6.07, 6.45) is 8.82. The molecule has 0 bridgehead atoms. The summed E-state index contributed by atoms with van der Waals surface area (Å²) in [6.45, 7) is 1.82. The topological polar surface area (TPSA) is 58.1 Å². The molecule has 1 aliphatic carbocycles. The van der Waals surface area contributed by atoms with Crippen LogP contribution in [0.25, 0.3) is 0 Å². The molecule has 108 valence electrons. The van der Waals surface area contributed by atoms with Crippen molar-refractivity contribution < 1.29 is 4.79 Å². The van der Waals surface area contributed by atoms with Gasteiger partial charge in [-0.05, 0) is 38.0 Å². The van der Waals surface area contributed by atoms with Crippen LogP contribution in [0, 0.1) is 11.8 Å². The maximum Gasteiger partial charge on any atom is 0.225 e. The van der Waals surface area contributed by atoms with Gasteiger partial charge in [0.25, 0.3) is 0 Å². The van der Waals surface area contributed by atoms with Gasteiger partial charge in [-0.1, -0.05) is 0 Å². The van der Waals surface area contributed by atoms with Crippen molar-refractivity contribution in [2.75, 3.05) is 25.5 Å². The van der Waals surface area contributed by atoms with Gasteiger partial charge >= 0.3 is 0 Å². The fourth-order valence-corrected chi connectivity index (χ4v) is 3.02. The van der Waals surface area contributed by atoms with Crippen molar-refractivity contribution in [2.45, 2.75) is 32.1 Å². The Hall–Kier alpha value is -1.65. The molecule has 5 nitrogen and oxygen atoms in total. The van der Waals surface area contributed by atoms with Crippen LogP contribution >= 0.6 is 0 Å². The Morgan fingerprint density at radius 2 is 2.15 bits per heavy atom. The first-order valence-electron chi connectivity index (χ1n) is 7.54. The molecule has 0 radical (unpaired) electrons. The second kappa shape index (κ2) is 5.77. The average molecular weight is 274 g/mol. The van der Waals surface area contributed by atoms with Crippen LogP contribution < -0.4 is 5.32 Å². The molecule has 0 spiro atoms. The van der Waals surface area contributed by atoms with Gasteiger partial charge in [0.05, 0.1) is 5.69 Å². The van der Waals surface area contributed by atoms with Gasteiger partial charge in [0.15, 0.2) is 0 Å². The van der Waals surface area contributed by atoms with Crippen LogP contribution in [-0.4, -0.2) is 40.9 Å². The quantitative estimate of drug-likeness (QED) is 0.908. The van der Waals surface area contributed by atoms with Crippen molar-refractivity contribution in [3.05, 3.63) is 18.1 Å². The Morgan fingerprint density at radius 3 is 2.90 bits per heavy atom. The fourth-order valence-electron chi connectivity index (χ4n) is 3.02. The highest BCUT2D eigenvalue weighted by Crippen LogP contribution is 2.33. The molecule has 1 saturated heterocycles. The van der Waals surface area contributed by atoms with E-state index < -0.39 is 0 Å². The van der Waals surface area contributed by atoms with Gasteiger partial charge in [0.2, 0.25) is 5.91 Å². The number of aromatic nitrogens is 2. The Morgan fingerprint density at radius 1 is 1.35 bits per heavy atom. The predicted molar refractivity (Wildman–Crippen MR) is 77.3 cm³/mol. The number of anilines is 1. The number of carbonyl (C=O) groups is 1. The SMILES string of the molecule is CNc1nccnc1C[C@H]1CCCN(C(=O)C2CC2)C1. The lowest BCUT2D eigenvalue weighted by molar-refractivity contribution is -0.134. The van der Waals surface area contributed by atoms with Crippen LogP contribution in [0.4, 0.5) is 5.82 Å². The summed E-state index contributed by atoms with van der Waals surface area (Å²) < 4.78 is 0. The van der Waals surface area contributed by atoms with Crippen LogP contribution in [-0.2, 0) is 11.2 Å². The normalized spacial score (nSPS) is 22.6. The summed E-state index contributed by atoms with van der Waals surface area (Å²) in [5.74, 6) is 2.08. The van der Waals surface area contributed by atoms with E-state index in [9.17, 15) is 4.79 Å². The minimum Gasteiger partial charge on any atom is -0.372 e. The highest BCUT2D eigenvalue weighted by Gasteiger charge is 2.35. The number of carbonyl (C=O) groups excluding carboxylic acids is 1. The number of hydrogen-bond donors (Lipinski definition) is 1. The molecule has 1 atom stereocenters. The lowest BCUT2D eigenvalue weighted by Gasteiger charge is -2.33. The van der Waals surface area contributed by atoms with Gasteiger partial charge in [-0.15, -0.1) is 0 Å². The molecule has 1 aliphatic heterocycles. The summed E-state index contributed by atoms with van der Waals surface area (Å²) in [5, 5.41) is 3.09. The molecule has 3 rings (SSSR count). The Labute approximate surface area is 119 Å². The minimum atomic E-state index is 0.332. The van der Waals surface area contributed by atoms with Crippen LogP contribution in [0.1, 0.15) is 31.4 Å². The Bertz CT molecular complexity index is 487. The molecule has 2 fully saturated rings. The van der Waals surface area contributed by atoms with Crippen LogP contribution in [0.5, 0.6) is 0 Å². The molecule has 5 heteroatoms. The average Bonchev–Trinajstić information content (AvgIpc) is 3.32. The van der Waals surface area contributed by atoms with Crippen molar-refractivity contribution in [3.8, 4) is 0 Å². The highest BCUT2D eigenvalue weighted by molar-refractivity contribution is 5.81.